The molecule has 1 aliphatic heterocycles. The fraction of sp³-hybridized carbons (Fsp3) is 0.400. The number of methoxy groups -OCH3 is 2. The Labute approximate surface area is 190 Å². The number of carbonyl (C=O) groups excluding carboxylic acids is 1. The van der Waals surface area contributed by atoms with E-state index in [1.807, 2.05) is 6.92 Å². The molecule has 1 N–H and O–H groups in total. The zero-order chi connectivity index (χ0) is 23.8. The van der Waals surface area contributed by atoms with Gasteiger partial charge in [0.15, 0.2) is 0 Å². The number of likely N-dealkylation sites (tertiary alicyclic amines) is 1. The second kappa shape index (κ2) is 9.09. The van der Waals surface area contributed by atoms with Crippen molar-refractivity contribution in [2.75, 3.05) is 20.8 Å². The first-order valence-corrected chi connectivity index (χ1v) is 10.9. The molecule has 1 aromatic heterocycles. The zero-order valence-corrected chi connectivity index (χ0v) is 18.8. The lowest BCUT2D eigenvalue weighted by molar-refractivity contribution is -0.196. The predicted octanol–water partition coefficient (Wildman–Crippen LogP) is 6.10. The Morgan fingerprint density at radius 1 is 1.15 bits per heavy atom. The van der Waals surface area contributed by atoms with Gasteiger partial charge in [0.05, 0.1) is 19.8 Å². The number of carbonyl (C=O) groups is 1. The summed E-state index contributed by atoms with van der Waals surface area (Å²) in [7, 11) is 2.70. The van der Waals surface area contributed by atoms with E-state index in [9.17, 15) is 18.0 Å². The fourth-order valence-corrected chi connectivity index (χ4v) is 4.95. The van der Waals surface area contributed by atoms with Gasteiger partial charge in [-0.25, -0.2) is 4.79 Å². The molecule has 4 rings (SSSR count). The number of ether oxygens (including phenoxy) is 2. The second-order valence-corrected chi connectivity index (χ2v) is 8.38. The van der Waals surface area contributed by atoms with Gasteiger partial charge in [-0.05, 0) is 61.7 Å². The number of fused-ring (bicyclic) bond motifs is 1. The first-order valence-electron chi connectivity index (χ1n) is 10.9. The van der Waals surface area contributed by atoms with E-state index in [1.165, 1.54) is 19.1 Å². The molecule has 2 aromatic carbocycles. The predicted molar refractivity (Wildman–Crippen MR) is 119 cm³/mol. The van der Waals surface area contributed by atoms with Gasteiger partial charge >= 0.3 is 12.1 Å². The van der Waals surface area contributed by atoms with E-state index < -0.39 is 24.2 Å². The highest BCUT2D eigenvalue weighted by Gasteiger charge is 2.49. The summed E-state index contributed by atoms with van der Waals surface area (Å²) in [4.78, 5) is 16.4. The minimum Gasteiger partial charge on any atom is -0.496 e. The number of hydrogen-bond donors (Lipinski definition) is 1. The molecule has 1 aliphatic rings. The third-order valence-corrected chi connectivity index (χ3v) is 6.44. The summed E-state index contributed by atoms with van der Waals surface area (Å²) in [5.41, 5.74) is 2.74. The maximum absolute atomic E-state index is 14.8. The smallest absolute Gasteiger partial charge is 0.408 e. The van der Waals surface area contributed by atoms with Crippen molar-refractivity contribution in [1.82, 2.24) is 9.88 Å². The highest BCUT2D eigenvalue weighted by molar-refractivity contribution is 5.89. The average molecular weight is 460 g/mol. The van der Waals surface area contributed by atoms with E-state index in [1.54, 1.807) is 42.6 Å². The van der Waals surface area contributed by atoms with Crippen LogP contribution in [0.4, 0.5) is 13.2 Å². The number of H-pyrrole nitrogens is 1. The van der Waals surface area contributed by atoms with Crippen LogP contribution in [0.1, 0.15) is 58.4 Å². The van der Waals surface area contributed by atoms with E-state index in [4.69, 9.17) is 9.47 Å². The standard InChI is InChI=1S/C25H27F3N2O3/c1-15-14-20(32-2)21(18-11-12-29-22(15)18)23(25(26,27)28)30-13-5-4-6-19(30)16-7-9-17(10-8-16)24(31)33-3/h7-12,14,19,23,29H,4-6,13H2,1-3H3. The number of nitrogens with one attached hydrogen (secondary N) is 1. The third-order valence-electron chi connectivity index (χ3n) is 6.44. The number of benzene rings is 2. The second-order valence-electron chi connectivity index (χ2n) is 8.38. The lowest BCUT2D eigenvalue weighted by Gasteiger charge is -2.42. The van der Waals surface area contributed by atoms with Crippen LogP contribution in [0.5, 0.6) is 5.75 Å². The van der Waals surface area contributed by atoms with Gasteiger partial charge in [-0.3, -0.25) is 4.90 Å². The van der Waals surface area contributed by atoms with Crippen LogP contribution in [0.3, 0.4) is 0 Å². The van der Waals surface area contributed by atoms with Crippen LogP contribution >= 0.6 is 0 Å². The van der Waals surface area contributed by atoms with Crippen molar-refractivity contribution in [1.29, 1.82) is 0 Å². The molecule has 0 saturated carbocycles. The first-order chi connectivity index (χ1) is 15.8. The number of aryl methyl sites for hydroxylation is 1. The quantitative estimate of drug-likeness (QED) is 0.468. The van der Waals surface area contributed by atoms with E-state index >= 15 is 0 Å². The number of rotatable bonds is 5. The number of aromatic amines is 1. The molecule has 2 heterocycles. The molecule has 0 aliphatic carbocycles. The maximum Gasteiger partial charge on any atom is 0.408 e. The minimum atomic E-state index is -4.52. The molecule has 176 valence electrons. The number of nitrogens with zero attached hydrogens (tertiary/aromatic N) is 1. The van der Waals surface area contributed by atoms with Gasteiger partial charge in [0.2, 0.25) is 0 Å². The van der Waals surface area contributed by atoms with Gasteiger partial charge in [0.1, 0.15) is 11.8 Å². The first kappa shape index (κ1) is 23.2. The molecule has 1 fully saturated rings. The van der Waals surface area contributed by atoms with Crippen molar-refractivity contribution in [2.24, 2.45) is 0 Å². The Balaban J connectivity index is 1.84. The van der Waals surface area contributed by atoms with Gasteiger partial charge < -0.3 is 14.5 Å². The summed E-state index contributed by atoms with van der Waals surface area (Å²) in [6.45, 7) is 2.15. The molecule has 8 heteroatoms. The number of piperidine rings is 1. The van der Waals surface area contributed by atoms with Crippen molar-refractivity contribution < 1.29 is 27.4 Å². The number of halogens is 3. The summed E-state index contributed by atoms with van der Waals surface area (Å²) in [5.74, 6) is -0.248. The van der Waals surface area contributed by atoms with Crippen molar-refractivity contribution in [3.63, 3.8) is 0 Å². The molecular weight excluding hydrogens is 433 g/mol. The lowest BCUT2D eigenvalue weighted by Crippen LogP contribution is -2.43. The van der Waals surface area contributed by atoms with Crippen LogP contribution in [0.15, 0.2) is 42.6 Å². The Kier molecular flexibility index (Phi) is 6.38. The number of hydrogen-bond acceptors (Lipinski definition) is 4. The van der Waals surface area contributed by atoms with Crippen molar-refractivity contribution in [3.8, 4) is 5.75 Å². The van der Waals surface area contributed by atoms with Gasteiger partial charge in [0, 0.05) is 28.7 Å². The molecule has 2 unspecified atom stereocenters. The highest BCUT2D eigenvalue weighted by Crippen LogP contribution is 2.49. The van der Waals surface area contributed by atoms with Gasteiger partial charge in [-0.2, -0.15) is 13.2 Å². The van der Waals surface area contributed by atoms with Crippen LogP contribution < -0.4 is 4.74 Å². The average Bonchev–Trinajstić information content (AvgIpc) is 3.30. The fourth-order valence-electron chi connectivity index (χ4n) is 4.95. The molecule has 33 heavy (non-hydrogen) atoms. The van der Waals surface area contributed by atoms with E-state index in [0.717, 1.165) is 17.5 Å². The largest absolute Gasteiger partial charge is 0.496 e. The third kappa shape index (κ3) is 4.31. The molecule has 0 spiro atoms. The van der Waals surface area contributed by atoms with Crippen molar-refractivity contribution in [2.45, 2.75) is 44.4 Å². The SMILES string of the molecule is COC(=O)c1ccc(C2CCCCN2C(c2c(OC)cc(C)c3[nH]ccc23)C(F)(F)F)cc1. The molecule has 0 radical (unpaired) electrons. The molecule has 2 atom stereocenters. The normalized spacial score (nSPS) is 18.3. The van der Waals surface area contributed by atoms with E-state index in [0.29, 0.717) is 35.9 Å². The molecule has 0 amide bonds. The summed E-state index contributed by atoms with van der Waals surface area (Å²) in [5, 5.41) is 0.513. The Bertz CT molecular complexity index is 1140. The summed E-state index contributed by atoms with van der Waals surface area (Å²) in [6.07, 6.45) is -0.765. The Morgan fingerprint density at radius 3 is 2.52 bits per heavy atom. The van der Waals surface area contributed by atoms with E-state index in [-0.39, 0.29) is 11.3 Å². The van der Waals surface area contributed by atoms with E-state index in [2.05, 4.69) is 4.98 Å². The maximum atomic E-state index is 14.8. The molecular formula is C25H27F3N2O3. The number of alkyl halides is 3. The van der Waals surface area contributed by atoms with Crippen LogP contribution in [0.25, 0.3) is 10.9 Å². The van der Waals surface area contributed by atoms with Crippen LogP contribution in [-0.2, 0) is 4.74 Å². The molecule has 5 nitrogen and oxygen atoms in total. The number of aromatic nitrogens is 1. The molecule has 0 bridgehead atoms. The Hall–Kier alpha value is -3.00. The highest BCUT2D eigenvalue weighted by atomic mass is 19.4. The van der Waals surface area contributed by atoms with Crippen LogP contribution in [-0.4, -0.2) is 42.8 Å². The number of esters is 1. The van der Waals surface area contributed by atoms with Crippen LogP contribution in [0.2, 0.25) is 0 Å². The topological polar surface area (TPSA) is 54.6 Å². The van der Waals surface area contributed by atoms with Gasteiger partial charge in [0.25, 0.3) is 0 Å². The molecule has 1 saturated heterocycles. The van der Waals surface area contributed by atoms with Gasteiger partial charge in [-0.1, -0.05) is 18.6 Å². The van der Waals surface area contributed by atoms with Crippen molar-refractivity contribution >= 4 is 16.9 Å². The monoisotopic (exact) mass is 460 g/mol. The summed E-state index contributed by atoms with van der Waals surface area (Å²) >= 11 is 0. The minimum absolute atomic E-state index is 0.130. The molecule has 3 aromatic rings. The van der Waals surface area contributed by atoms with Crippen molar-refractivity contribution in [3.05, 3.63) is 64.8 Å². The van der Waals surface area contributed by atoms with Gasteiger partial charge in [-0.15, -0.1) is 0 Å². The van der Waals surface area contributed by atoms with Crippen LogP contribution in [0, 0.1) is 6.92 Å². The Morgan fingerprint density at radius 2 is 1.88 bits per heavy atom. The zero-order valence-electron chi connectivity index (χ0n) is 18.8. The summed E-state index contributed by atoms with van der Waals surface area (Å²) < 4.78 is 54.5. The lowest BCUT2D eigenvalue weighted by atomic mass is 9.89. The summed E-state index contributed by atoms with van der Waals surface area (Å²) in [6, 6.07) is 7.72.